The molecule has 17 heavy (non-hydrogen) atoms. The van der Waals surface area contributed by atoms with Gasteiger partial charge >= 0.3 is 0 Å². The summed E-state index contributed by atoms with van der Waals surface area (Å²) in [6, 6.07) is 6.34. The number of rotatable bonds is 2. The molecule has 0 unspecified atom stereocenters. The number of aromatic nitrogens is 2. The van der Waals surface area contributed by atoms with Crippen molar-refractivity contribution in [3.63, 3.8) is 0 Å². The molecule has 1 heterocycles. The van der Waals surface area contributed by atoms with Gasteiger partial charge in [-0.2, -0.15) is 0 Å². The molecule has 0 saturated carbocycles. The Labute approximate surface area is 102 Å². The van der Waals surface area contributed by atoms with Gasteiger partial charge in [0.25, 0.3) is 0 Å². The fraction of sp³-hybridized carbons (Fsp3) is 0.286. The molecule has 0 amide bonds. The zero-order chi connectivity index (χ0) is 12.4. The molecular weight excluding hydrogens is 210 g/mol. The van der Waals surface area contributed by atoms with Gasteiger partial charge in [0.2, 0.25) is 0 Å². The van der Waals surface area contributed by atoms with E-state index in [4.69, 9.17) is 0 Å². The number of nitrogens with zero attached hydrogens (tertiary/aromatic N) is 2. The molecule has 0 aliphatic rings. The monoisotopic (exact) mass is 227 g/mol. The topological polar surface area (TPSA) is 37.8 Å². The quantitative estimate of drug-likeness (QED) is 0.856. The normalized spacial score (nSPS) is 10.4. The third-order valence-electron chi connectivity index (χ3n) is 2.88. The van der Waals surface area contributed by atoms with E-state index in [1.165, 1.54) is 11.1 Å². The van der Waals surface area contributed by atoms with Crippen LogP contribution in [0.2, 0.25) is 0 Å². The predicted molar refractivity (Wildman–Crippen MR) is 71.2 cm³/mol. The van der Waals surface area contributed by atoms with Crippen LogP contribution < -0.4 is 5.32 Å². The maximum absolute atomic E-state index is 4.54. The van der Waals surface area contributed by atoms with Gasteiger partial charge in [0.05, 0.1) is 17.6 Å². The number of nitrogens with one attached hydrogen (secondary N) is 1. The van der Waals surface area contributed by atoms with Crippen molar-refractivity contribution in [2.75, 3.05) is 12.4 Å². The average molecular weight is 227 g/mol. The lowest BCUT2D eigenvalue weighted by Gasteiger charge is -2.09. The number of hydrogen-bond donors (Lipinski definition) is 1. The van der Waals surface area contributed by atoms with E-state index in [-0.39, 0.29) is 0 Å². The van der Waals surface area contributed by atoms with E-state index in [9.17, 15) is 0 Å². The van der Waals surface area contributed by atoms with E-state index >= 15 is 0 Å². The van der Waals surface area contributed by atoms with E-state index in [2.05, 4.69) is 47.3 Å². The van der Waals surface area contributed by atoms with Gasteiger partial charge in [-0.15, -0.1) is 0 Å². The van der Waals surface area contributed by atoms with Gasteiger partial charge < -0.3 is 5.32 Å². The minimum absolute atomic E-state index is 0.794. The Balaban J connectivity index is 2.53. The largest absolute Gasteiger partial charge is 0.385 e. The number of anilines is 1. The van der Waals surface area contributed by atoms with Crippen LogP contribution in [0, 0.1) is 20.8 Å². The zero-order valence-electron chi connectivity index (χ0n) is 10.7. The molecule has 0 fully saturated rings. The molecule has 0 aliphatic carbocycles. The molecule has 2 rings (SSSR count). The van der Waals surface area contributed by atoms with Crippen molar-refractivity contribution in [3.05, 3.63) is 41.2 Å². The highest BCUT2D eigenvalue weighted by atomic mass is 14.9. The molecule has 3 nitrogen and oxygen atoms in total. The second-order valence-corrected chi connectivity index (χ2v) is 4.26. The summed E-state index contributed by atoms with van der Waals surface area (Å²) >= 11 is 0. The number of benzene rings is 1. The fourth-order valence-electron chi connectivity index (χ4n) is 1.82. The summed E-state index contributed by atoms with van der Waals surface area (Å²) in [5.41, 5.74) is 5.48. The van der Waals surface area contributed by atoms with Crippen LogP contribution in [0.1, 0.15) is 16.8 Å². The van der Waals surface area contributed by atoms with Crippen molar-refractivity contribution >= 4 is 5.69 Å². The first-order valence-corrected chi connectivity index (χ1v) is 5.71. The smallest absolute Gasteiger partial charge is 0.159 e. The first-order valence-electron chi connectivity index (χ1n) is 5.71. The number of hydrogen-bond acceptors (Lipinski definition) is 3. The maximum atomic E-state index is 4.54. The zero-order valence-corrected chi connectivity index (χ0v) is 10.7. The van der Waals surface area contributed by atoms with E-state index in [1.54, 1.807) is 0 Å². The van der Waals surface area contributed by atoms with Gasteiger partial charge in [-0.3, -0.25) is 0 Å². The Hall–Kier alpha value is -1.90. The Kier molecular flexibility index (Phi) is 3.09. The van der Waals surface area contributed by atoms with Crippen LogP contribution >= 0.6 is 0 Å². The van der Waals surface area contributed by atoms with Crippen LogP contribution in [0.25, 0.3) is 11.4 Å². The van der Waals surface area contributed by atoms with E-state index in [1.807, 2.05) is 20.2 Å². The predicted octanol–water partition coefficient (Wildman–Crippen LogP) is 3.11. The molecule has 1 aromatic carbocycles. The van der Waals surface area contributed by atoms with Crippen LogP contribution in [0.5, 0.6) is 0 Å². The van der Waals surface area contributed by atoms with Gasteiger partial charge in [-0.1, -0.05) is 17.7 Å². The SMILES string of the molecule is CNc1cnc(-c2cc(C)ccc2C)nc1C. The van der Waals surface area contributed by atoms with Gasteiger partial charge in [0, 0.05) is 12.6 Å². The summed E-state index contributed by atoms with van der Waals surface area (Å²) in [5, 5.41) is 3.07. The third-order valence-corrected chi connectivity index (χ3v) is 2.88. The van der Waals surface area contributed by atoms with Crippen LogP contribution in [-0.2, 0) is 0 Å². The molecule has 0 bridgehead atoms. The summed E-state index contributed by atoms with van der Waals surface area (Å²) in [5.74, 6) is 0.794. The molecule has 0 radical (unpaired) electrons. The summed E-state index contributed by atoms with van der Waals surface area (Å²) in [4.78, 5) is 8.95. The van der Waals surface area contributed by atoms with Gasteiger partial charge in [-0.25, -0.2) is 9.97 Å². The minimum atomic E-state index is 0.794. The second kappa shape index (κ2) is 4.53. The van der Waals surface area contributed by atoms with Crippen molar-refractivity contribution in [1.29, 1.82) is 0 Å². The highest BCUT2D eigenvalue weighted by molar-refractivity contribution is 5.62. The van der Waals surface area contributed by atoms with Crippen molar-refractivity contribution < 1.29 is 0 Å². The molecule has 1 aromatic heterocycles. The van der Waals surface area contributed by atoms with E-state index < -0.39 is 0 Å². The van der Waals surface area contributed by atoms with Crippen LogP contribution in [0.4, 0.5) is 5.69 Å². The molecule has 0 saturated heterocycles. The molecule has 0 aliphatic heterocycles. The lowest BCUT2D eigenvalue weighted by atomic mass is 10.1. The fourth-order valence-corrected chi connectivity index (χ4v) is 1.82. The highest BCUT2D eigenvalue weighted by Gasteiger charge is 2.07. The molecule has 2 aromatic rings. The van der Waals surface area contributed by atoms with E-state index in [0.29, 0.717) is 0 Å². The minimum Gasteiger partial charge on any atom is -0.385 e. The molecule has 1 N–H and O–H groups in total. The Morgan fingerprint density at radius 1 is 1.12 bits per heavy atom. The molecule has 88 valence electrons. The summed E-state index contributed by atoms with van der Waals surface area (Å²) in [6.45, 7) is 6.15. The van der Waals surface area contributed by atoms with Crippen molar-refractivity contribution in [2.24, 2.45) is 0 Å². The summed E-state index contributed by atoms with van der Waals surface area (Å²) < 4.78 is 0. The number of aryl methyl sites for hydroxylation is 3. The Morgan fingerprint density at radius 2 is 1.88 bits per heavy atom. The maximum Gasteiger partial charge on any atom is 0.159 e. The highest BCUT2D eigenvalue weighted by Crippen LogP contribution is 2.22. The second-order valence-electron chi connectivity index (χ2n) is 4.26. The first-order chi connectivity index (χ1) is 8.11. The summed E-state index contributed by atoms with van der Waals surface area (Å²) in [6.07, 6.45) is 1.83. The van der Waals surface area contributed by atoms with Gasteiger partial charge in [0.1, 0.15) is 0 Å². The Morgan fingerprint density at radius 3 is 2.53 bits per heavy atom. The van der Waals surface area contributed by atoms with Crippen LogP contribution in [0.3, 0.4) is 0 Å². The lowest BCUT2D eigenvalue weighted by Crippen LogP contribution is -1.99. The molecule has 3 heteroatoms. The van der Waals surface area contributed by atoms with Crippen molar-refractivity contribution in [1.82, 2.24) is 9.97 Å². The standard InChI is InChI=1S/C14H17N3/c1-9-5-6-10(2)12(7-9)14-16-8-13(15-4)11(3)17-14/h5-8,15H,1-4H3. The van der Waals surface area contributed by atoms with E-state index in [0.717, 1.165) is 22.8 Å². The van der Waals surface area contributed by atoms with Gasteiger partial charge in [-0.05, 0) is 32.4 Å². The molecule has 0 spiro atoms. The summed E-state index contributed by atoms with van der Waals surface area (Å²) in [7, 11) is 1.88. The Bertz CT molecular complexity index is 547. The van der Waals surface area contributed by atoms with Crippen LogP contribution in [0.15, 0.2) is 24.4 Å². The third kappa shape index (κ3) is 2.28. The lowest BCUT2D eigenvalue weighted by molar-refractivity contribution is 1.10. The van der Waals surface area contributed by atoms with Crippen molar-refractivity contribution in [3.8, 4) is 11.4 Å². The molecular formula is C14H17N3. The molecule has 0 atom stereocenters. The van der Waals surface area contributed by atoms with Crippen LogP contribution in [-0.4, -0.2) is 17.0 Å². The average Bonchev–Trinajstić information content (AvgIpc) is 2.32. The first kappa shape index (κ1) is 11.6. The van der Waals surface area contributed by atoms with Gasteiger partial charge in [0.15, 0.2) is 5.82 Å². The van der Waals surface area contributed by atoms with Crippen molar-refractivity contribution in [2.45, 2.75) is 20.8 Å².